The predicted octanol–water partition coefficient (Wildman–Crippen LogP) is 4.19. The van der Waals surface area contributed by atoms with Gasteiger partial charge in [-0.15, -0.1) is 0 Å². The van der Waals surface area contributed by atoms with Gasteiger partial charge >= 0.3 is 6.09 Å². The maximum absolute atomic E-state index is 11.3. The smallest absolute Gasteiger partial charge is 0.411 e. The molecule has 0 saturated carbocycles. The van der Waals surface area contributed by atoms with Crippen molar-refractivity contribution in [2.24, 2.45) is 0 Å². The van der Waals surface area contributed by atoms with Crippen LogP contribution < -0.4 is 5.32 Å². The van der Waals surface area contributed by atoms with Gasteiger partial charge < -0.3 is 9.26 Å². The van der Waals surface area contributed by atoms with Crippen LogP contribution in [0.15, 0.2) is 65.2 Å². The van der Waals surface area contributed by atoms with Gasteiger partial charge in [0.05, 0.1) is 7.11 Å². The van der Waals surface area contributed by atoms with E-state index in [1.807, 2.05) is 54.6 Å². The third-order valence-electron chi connectivity index (χ3n) is 3.16. The first-order chi connectivity index (χ1) is 10.8. The number of ether oxygens (including phenoxy) is 1. The molecular formula is C17H14N2O3. The number of rotatable bonds is 3. The van der Waals surface area contributed by atoms with Crippen molar-refractivity contribution in [3.05, 3.63) is 60.7 Å². The lowest BCUT2D eigenvalue weighted by atomic mass is 10.1. The summed E-state index contributed by atoms with van der Waals surface area (Å²) >= 11 is 0. The van der Waals surface area contributed by atoms with Crippen LogP contribution in [0.4, 0.5) is 10.5 Å². The lowest BCUT2D eigenvalue weighted by Crippen LogP contribution is -2.10. The molecule has 3 rings (SSSR count). The second-order valence-corrected chi connectivity index (χ2v) is 4.64. The molecular weight excluding hydrogens is 280 g/mol. The first-order valence-electron chi connectivity index (χ1n) is 6.74. The summed E-state index contributed by atoms with van der Waals surface area (Å²) in [6.45, 7) is 0. The Morgan fingerprint density at radius 2 is 1.82 bits per heavy atom. The van der Waals surface area contributed by atoms with Crippen molar-refractivity contribution in [2.75, 3.05) is 12.4 Å². The molecule has 0 spiro atoms. The number of hydrogen-bond acceptors (Lipinski definition) is 4. The van der Waals surface area contributed by atoms with E-state index >= 15 is 0 Å². The monoisotopic (exact) mass is 294 g/mol. The summed E-state index contributed by atoms with van der Waals surface area (Å²) in [5.74, 6) is 0.696. The van der Waals surface area contributed by atoms with Gasteiger partial charge in [0.15, 0.2) is 5.76 Å². The van der Waals surface area contributed by atoms with Gasteiger partial charge in [-0.2, -0.15) is 0 Å². The number of methoxy groups -OCH3 is 1. The second kappa shape index (κ2) is 6.13. The van der Waals surface area contributed by atoms with Crippen molar-refractivity contribution in [1.82, 2.24) is 5.16 Å². The highest BCUT2D eigenvalue weighted by Crippen LogP contribution is 2.27. The van der Waals surface area contributed by atoms with Crippen molar-refractivity contribution >= 4 is 11.8 Å². The van der Waals surface area contributed by atoms with E-state index in [1.54, 1.807) is 6.07 Å². The Morgan fingerprint density at radius 3 is 2.59 bits per heavy atom. The SMILES string of the molecule is COC(=O)Nc1cccc(-c2cc(-c3ccccc3)on2)c1. The van der Waals surface area contributed by atoms with Crippen LogP contribution >= 0.6 is 0 Å². The lowest BCUT2D eigenvalue weighted by molar-refractivity contribution is 0.187. The van der Waals surface area contributed by atoms with Crippen LogP contribution in [0.25, 0.3) is 22.6 Å². The molecule has 2 aromatic carbocycles. The average molecular weight is 294 g/mol. The highest BCUT2D eigenvalue weighted by atomic mass is 16.5. The Morgan fingerprint density at radius 1 is 1.05 bits per heavy atom. The number of anilines is 1. The molecule has 0 aliphatic carbocycles. The predicted molar refractivity (Wildman–Crippen MR) is 83.4 cm³/mol. The normalized spacial score (nSPS) is 10.2. The van der Waals surface area contributed by atoms with Gasteiger partial charge in [0, 0.05) is 22.9 Å². The van der Waals surface area contributed by atoms with E-state index in [0.717, 1.165) is 11.1 Å². The van der Waals surface area contributed by atoms with Crippen molar-refractivity contribution in [3.63, 3.8) is 0 Å². The van der Waals surface area contributed by atoms with Crippen molar-refractivity contribution < 1.29 is 14.1 Å². The molecule has 0 fully saturated rings. The minimum Gasteiger partial charge on any atom is -0.453 e. The van der Waals surface area contributed by atoms with Gasteiger partial charge in [-0.25, -0.2) is 4.79 Å². The topological polar surface area (TPSA) is 64.4 Å². The number of amides is 1. The Hall–Kier alpha value is -3.08. The van der Waals surface area contributed by atoms with Crippen LogP contribution in [0.5, 0.6) is 0 Å². The minimum absolute atomic E-state index is 0.512. The van der Waals surface area contributed by atoms with Crippen molar-refractivity contribution in [2.45, 2.75) is 0 Å². The van der Waals surface area contributed by atoms with Crippen LogP contribution in [0.2, 0.25) is 0 Å². The number of carbonyl (C=O) groups excluding carboxylic acids is 1. The van der Waals surface area contributed by atoms with Crippen LogP contribution in [-0.4, -0.2) is 18.4 Å². The maximum Gasteiger partial charge on any atom is 0.411 e. The number of carbonyl (C=O) groups is 1. The molecule has 0 unspecified atom stereocenters. The molecule has 110 valence electrons. The van der Waals surface area contributed by atoms with E-state index in [9.17, 15) is 4.79 Å². The number of benzene rings is 2. The van der Waals surface area contributed by atoms with Gasteiger partial charge in [-0.1, -0.05) is 47.6 Å². The standard InChI is InChI=1S/C17H14N2O3/c1-21-17(20)18-14-9-5-8-13(10-14)15-11-16(22-19-15)12-6-3-2-4-7-12/h2-11H,1H3,(H,18,20). The highest BCUT2D eigenvalue weighted by Gasteiger charge is 2.09. The highest BCUT2D eigenvalue weighted by molar-refractivity contribution is 5.85. The Bertz CT molecular complexity index is 781. The number of aromatic nitrogens is 1. The maximum atomic E-state index is 11.3. The van der Waals surface area contributed by atoms with E-state index < -0.39 is 6.09 Å². The van der Waals surface area contributed by atoms with Crippen LogP contribution in [0.3, 0.4) is 0 Å². The molecule has 0 aliphatic rings. The van der Waals surface area contributed by atoms with Crippen molar-refractivity contribution in [1.29, 1.82) is 0 Å². The molecule has 1 amide bonds. The Kier molecular flexibility index (Phi) is 3.87. The minimum atomic E-state index is -0.512. The summed E-state index contributed by atoms with van der Waals surface area (Å²) in [4.78, 5) is 11.3. The molecule has 1 heterocycles. The van der Waals surface area contributed by atoms with Crippen LogP contribution in [-0.2, 0) is 4.74 Å². The third kappa shape index (κ3) is 2.98. The van der Waals surface area contributed by atoms with Gasteiger partial charge in [-0.3, -0.25) is 5.32 Å². The van der Waals surface area contributed by atoms with Gasteiger partial charge in [0.25, 0.3) is 0 Å². The fourth-order valence-electron chi connectivity index (χ4n) is 2.07. The summed E-state index contributed by atoms with van der Waals surface area (Å²) in [7, 11) is 1.32. The fraction of sp³-hybridized carbons (Fsp3) is 0.0588. The first-order valence-corrected chi connectivity index (χ1v) is 6.74. The number of nitrogens with zero attached hydrogens (tertiary/aromatic N) is 1. The average Bonchev–Trinajstić information content (AvgIpc) is 3.06. The first kappa shape index (κ1) is 13.9. The van der Waals surface area contributed by atoms with Crippen molar-refractivity contribution in [3.8, 4) is 22.6 Å². The Balaban J connectivity index is 1.87. The number of hydrogen-bond donors (Lipinski definition) is 1. The van der Waals surface area contributed by atoms with E-state index in [-0.39, 0.29) is 0 Å². The molecule has 0 radical (unpaired) electrons. The zero-order valence-electron chi connectivity index (χ0n) is 11.9. The summed E-state index contributed by atoms with van der Waals surface area (Å²) < 4.78 is 9.96. The molecule has 1 N–H and O–H groups in total. The molecule has 0 aliphatic heterocycles. The lowest BCUT2D eigenvalue weighted by Gasteiger charge is -2.04. The summed E-state index contributed by atoms with van der Waals surface area (Å²) in [6.07, 6.45) is -0.512. The van der Waals surface area contributed by atoms with Gasteiger partial charge in [0.1, 0.15) is 5.69 Å². The van der Waals surface area contributed by atoms with E-state index in [1.165, 1.54) is 7.11 Å². The number of nitrogens with one attached hydrogen (secondary N) is 1. The zero-order valence-corrected chi connectivity index (χ0v) is 11.9. The molecule has 0 atom stereocenters. The summed E-state index contributed by atoms with van der Waals surface area (Å²) in [5, 5.41) is 6.70. The summed E-state index contributed by atoms with van der Waals surface area (Å²) in [6, 6.07) is 18.9. The van der Waals surface area contributed by atoms with Gasteiger partial charge in [0.2, 0.25) is 0 Å². The molecule has 5 heteroatoms. The van der Waals surface area contributed by atoms with E-state index in [0.29, 0.717) is 17.1 Å². The molecule has 22 heavy (non-hydrogen) atoms. The third-order valence-corrected chi connectivity index (χ3v) is 3.16. The molecule has 0 saturated heterocycles. The zero-order chi connectivity index (χ0) is 15.4. The molecule has 5 nitrogen and oxygen atoms in total. The van der Waals surface area contributed by atoms with E-state index in [2.05, 4.69) is 15.2 Å². The summed E-state index contributed by atoms with van der Waals surface area (Å²) in [5.41, 5.74) is 3.14. The Labute approximate surface area is 127 Å². The molecule has 0 bridgehead atoms. The van der Waals surface area contributed by atoms with Crippen LogP contribution in [0, 0.1) is 0 Å². The molecule has 1 aromatic heterocycles. The second-order valence-electron chi connectivity index (χ2n) is 4.64. The van der Waals surface area contributed by atoms with Crippen LogP contribution in [0.1, 0.15) is 0 Å². The van der Waals surface area contributed by atoms with Gasteiger partial charge in [-0.05, 0) is 12.1 Å². The quantitative estimate of drug-likeness (QED) is 0.786. The molecule has 3 aromatic rings. The largest absolute Gasteiger partial charge is 0.453 e. The fourth-order valence-corrected chi connectivity index (χ4v) is 2.07. The van der Waals surface area contributed by atoms with E-state index in [4.69, 9.17) is 4.52 Å².